The number of likely N-dealkylation sites (tertiary alicyclic amines) is 1. The Morgan fingerprint density at radius 3 is 2.58 bits per heavy atom. The molecule has 2 aliphatic rings. The molecule has 19 heavy (non-hydrogen) atoms. The van der Waals surface area contributed by atoms with Gasteiger partial charge in [-0.25, -0.2) is 0 Å². The minimum Gasteiger partial charge on any atom is -0.342 e. The van der Waals surface area contributed by atoms with Gasteiger partial charge in [-0.05, 0) is 39.4 Å². The highest BCUT2D eigenvalue weighted by Gasteiger charge is 2.27. The number of piperidine rings is 1. The van der Waals surface area contributed by atoms with Crippen LogP contribution in [0, 0.1) is 0 Å². The van der Waals surface area contributed by atoms with Gasteiger partial charge in [0.2, 0.25) is 5.91 Å². The molecule has 0 atom stereocenters. The maximum absolute atomic E-state index is 11.8. The van der Waals surface area contributed by atoms with E-state index in [0.717, 1.165) is 25.9 Å². The fourth-order valence-electron chi connectivity index (χ4n) is 3.16. The first-order chi connectivity index (χ1) is 9.20. The van der Waals surface area contributed by atoms with Crippen molar-refractivity contribution in [2.24, 2.45) is 0 Å². The zero-order valence-corrected chi connectivity index (χ0v) is 12.2. The Balaban J connectivity index is 1.79. The second-order valence-electron chi connectivity index (χ2n) is 5.80. The Morgan fingerprint density at radius 2 is 1.89 bits per heavy atom. The molecule has 4 nitrogen and oxygen atoms in total. The number of hydrogen-bond acceptors (Lipinski definition) is 3. The van der Waals surface area contributed by atoms with Crippen LogP contribution in [0.1, 0.15) is 25.7 Å². The second kappa shape index (κ2) is 7.06. The summed E-state index contributed by atoms with van der Waals surface area (Å²) in [7, 11) is 2.21. The summed E-state index contributed by atoms with van der Waals surface area (Å²) in [5, 5.41) is 0. The standard InChI is InChI=1S/C15H27N3O/c1-3-5-15(19)18-10-6-14(7-11-18)17-9-4-8-16(2)12-13-17/h3,14H,1,4-13H2,2H3. The Hall–Kier alpha value is -0.870. The summed E-state index contributed by atoms with van der Waals surface area (Å²) in [5.74, 6) is 0.240. The molecule has 2 aliphatic heterocycles. The minimum atomic E-state index is 0.240. The van der Waals surface area contributed by atoms with Crippen LogP contribution in [0.15, 0.2) is 12.7 Å². The molecular formula is C15H27N3O. The van der Waals surface area contributed by atoms with E-state index in [2.05, 4.69) is 23.4 Å². The maximum Gasteiger partial charge on any atom is 0.226 e. The zero-order chi connectivity index (χ0) is 13.7. The summed E-state index contributed by atoms with van der Waals surface area (Å²) in [4.78, 5) is 18.9. The van der Waals surface area contributed by atoms with E-state index in [9.17, 15) is 4.79 Å². The summed E-state index contributed by atoms with van der Waals surface area (Å²) in [6.45, 7) is 10.3. The van der Waals surface area contributed by atoms with E-state index in [1.165, 1.54) is 32.6 Å². The molecule has 0 unspecified atom stereocenters. The molecule has 0 spiro atoms. The van der Waals surface area contributed by atoms with E-state index in [4.69, 9.17) is 0 Å². The van der Waals surface area contributed by atoms with Gasteiger partial charge in [-0.1, -0.05) is 6.08 Å². The first-order valence-corrected chi connectivity index (χ1v) is 7.52. The molecule has 108 valence electrons. The van der Waals surface area contributed by atoms with Crippen molar-refractivity contribution < 1.29 is 4.79 Å². The molecule has 2 rings (SSSR count). The van der Waals surface area contributed by atoms with Crippen molar-refractivity contribution in [3.05, 3.63) is 12.7 Å². The number of nitrogens with zero attached hydrogens (tertiary/aromatic N) is 3. The van der Waals surface area contributed by atoms with Gasteiger partial charge < -0.3 is 9.80 Å². The van der Waals surface area contributed by atoms with Crippen LogP contribution in [0.25, 0.3) is 0 Å². The number of hydrogen-bond donors (Lipinski definition) is 0. The van der Waals surface area contributed by atoms with Crippen LogP contribution in [-0.2, 0) is 4.79 Å². The van der Waals surface area contributed by atoms with Gasteiger partial charge in [-0.2, -0.15) is 0 Å². The Labute approximate surface area is 117 Å². The van der Waals surface area contributed by atoms with Crippen molar-refractivity contribution in [2.75, 3.05) is 46.3 Å². The van der Waals surface area contributed by atoms with E-state index >= 15 is 0 Å². The van der Waals surface area contributed by atoms with Crippen LogP contribution < -0.4 is 0 Å². The second-order valence-corrected chi connectivity index (χ2v) is 5.80. The first-order valence-electron chi connectivity index (χ1n) is 7.52. The summed E-state index contributed by atoms with van der Waals surface area (Å²) in [6.07, 6.45) is 5.73. The van der Waals surface area contributed by atoms with E-state index in [-0.39, 0.29) is 5.91 Å². The lowest BCUT2D eigenvalue weighted by Crippen LogP contribution is -2.47. The first kappa shape index (κ1) is 14.5. The Bertz CT molecular complexity index is 311. The van der Waals surface area contributed by atoms with Gasteiger partial charge >= 0.3 is 0 Å². The quantitative estimate of drug-likeness (QED) is 0.717. The monoisotopic (exact) mass is 265 g/mol. The summed E-state index contributed by atoms with van der Waals surface area (Å²) >= 11 is 0. The molecule has 2 fully saturated rings. The van der Waals surface area contributed by atoms with Crippen molar-refractivity contribution >= 4 is 5.91 Å². The van der Waals surface area contributed by atoms with Gasteiger partial charge in [0.1, 0.15) is 0 Å². The average molecular weight is 265 g/mol. The third-order valence-electron chi connectivity index (χ3n) is 4.41. The molecule has 0 bridgehead atoms. The molecule has 1 amide bonds. The Morgan fingerprint density at radius 1 is 1.16 bits per heavy atom. The molecule has 0 aromatic heterocycles. The summed E-state index contributed by atoms with van der Waals surface area (Å²) in [6, 6.07) is 0.680. The van der Waals surface area contributed by atoms with E-state index in [1.54, 1.807) is 6.08 Å². The van der Waals surface area contributed by atoms with Crippen molar-refractivity contribution in [2.45, 2.75) is 31.7 Å². The fraction of sp³-hybridized carbons (Fsp3) is 0.800. The highest BCUT2D eigenvalue weighted by atomic mass is 16.2. The summed E-state index contributed by atoms with van der Waals surface area (Å²) < 4.78 is 0. The van der Waals surface area contributed by atoms with Crippen LogP contribution in [0.4, 0.5) is 0 Å². The largest absolute Gasteiger partial charge is 0.342 e. The van der Waals surface area contributed by atoms with Crippen LogP contribution in [-0.4, -0.2) is 73.0 Å². The number of rotatable bonds is 3. The molecule has 4 heteroatoms. The lowest BCUT2D eigenvalue weighted by atomic mass is 10.0. The van der Waals surface area contributed by atoms with Crippen LogP contribution in [0.3, 0.4) is 0 Å². The SMILES string of the molecule is C=CCC(=O)N1CCC(N2CCCN(C)CC2)CC1. The average Bonchev–Trinajstić information content (AvgIpc) is 2.64. The molecule has 2 heterocycles. The van der Waals surface area contributed by atoms with E-state index in [1.807, 2.05) is 4.90 Å². The molecule has 0 N–H and O–H groups in total. The molecule has 0 radical (unpaired) electrons. The van der Waals surface area contributed by atoms with Crippen molar-refractivity contribution in [3.8, 4) is 0 Å². The highest BCUT2D eigenvalue weighted by molar-refractivity contribution is 5.77. The van der Waals surface area contributed by atoms with Crippen molar-refractivity contribution in [3.63, 3.8) is 0 Å². The molecule has 0 aromatic rings. The Kier molecular flexibility index (Phi) is 5.40. The summed E-state index contributed by atoms with van der Waals surface area (Å²) in [5.41, 5.74) is 0. The lowest BCUT2D eigenvalue weighted by molar-refractivity contribution is -0.131. The zero-order valence-electron chi connectivity index (χ0n) is 12.2. The lowest BCUT2D eigenvalue weighted by Gasteiger charge is -2.38. The van der Waals surface area contributed by atoms with Gasteiger partial charge in [-0.3, -0.25) is 9.69 Å². The maximum atomic E-state index is 11.8. The molecule has 0 aliphatic carbocycles. The van der Waals surface area contributed by atoms with Crippen molar-refractivity contribution in [1.29, 1.82) is 0 Å². The third-order valence-corrected chi connectivity index (χ3v) is 4.41. The number of likely N-dealkylation sites (N-methyl/N-ethyl adjacent to an activating group) is 1. The van der Waals surface area contributed by atoms with Gasteiger partial charge in [0.25, 0.3) is 0 Å². The van der Waals surface area contributed by atoms with Gasteiger partial charge in [0, 0.05) is 38.6 Å². The molecular weight excluding hydrogens is 238 g/mol. The normalized spacial score (nSPS) is 24.2. The predicted molar refractivity (Wildman–Crippen MR) is 78.1 cm³/mol. The smallest absolute Gasteiger partial charge is 0.226 e. The molecule has 2 saturated heterocycles. The van der Waals surface area contributed by atoms with Gasteiger partial charge in [0.15, 0.2) is 0 Å². The number of carbonyl (C=O) groups excluding carboxylic acids is 1. The fourth-order valence-corrected chi connectivity index (χ4v) is 3.16. The van der Waals surface area contributed by atoms with Crippen LogP contribution in [0.5, 0.6) is 0 Å². The number of amides is 1. The van der Waals surface area contributed by atoms with Crippen molar-refractivity contribution in [1.82, 2.24) is 14.7 Å². The van der Waals surface area contributed by atoms with Gasteiger partial charge in [0.05, 0.1) is 0 Å². The third kappa shape index (κ3) is 4.05. The minimum absolute atomic E-state index is 0.240. The van der Waals surface area contributed by atoms with E-state index in [0.29, 0.717) is 12.5 Å². The number of carbonyl (C=O) groups is 1. The van der Waals surface area contributed by atoms with E-state index < -0.39 is 0 Å². The van der Waals surface area contributed by atoms with Crippen LogP contribution in [0.2, 0.25) is 0 Å². The topological polar surface area (TPSA) is 26.8 Å². The predicted octanol–water partition coefficient (Wildman–Crippen LogP) is 1.19. The highest BCUT2D eigenvalue weighted by Crippen LogP contribution is 2.18. The molecule has 0 saturated carbocycles. The molecule has 0 aromatic carbocycles. The van der Waals surface area contributed by atoms with Crippen LogP contribution >= 0.6 is 0 Å². The van der Waals surface area contributed by atoms with Gasteiger partial charge in [-0.15, -0.1) is 6.58 Å².